The van der Waals surface area contributed by atoms with Crippen LogP contribution in [0.25, 0.3) is 0 Å². The molecule has 0 aliphatic carbocycles. The van der Waals surface area contributed by atoms with Gasteiger partial charge in [-0.25, -0.2) is 0 Å². The fraction of sp³-hybridized carbons (Fsp3) is 0.562. The van der Waals surface area contributed by atoms with Crippen LogP contribution in [0.1, 0.15) is 37.9 Å². The summed E-state index contributed by atoms with van der Waals surface area (Å²) in [4.78, 5) is 14.8. The second-order valence-corrected chi connectivity index (χ2v) is 7.34. The monoisotopic (exact) mass is 324 g/mol. The highest BCUT2D eigenvalue weighted by Crippen LogP contribution is 2.34. The highest BCUT2D eigenvalue weighted by molar-refractivity contribution is 7.99. The van der Waals surface area contributed by atoms with Crippen molar-refractivity contribution in [2.24, 2.45) is 0 Å². The van der Waals surface area contributed by atoms with Crippen LogP contribution in [0.15, 0.2) is 24.3 Å². The quantitative estimate of drug-likeness (QED) is 0.924. The summed E-state index contributed by atoms with van der Waals surface area (Å²) < 4.78 is 0. The predicted octanol–water partition coefficient (Wildman–Crippen LogP) is 3.44. The van der Waals surface area contributed by atoms with Gasteiger partial charge in [-0.1, -0.05) is 30.7 Å². The Balaban J connectivity index is 1.90. The average molecular weight is 325 g/mol. The van der Waals surface area contributed by atoms with Gasteiger partial charge in [-0.15, -0.1) is 0 Å². The summed E-state index contributed by atoms with van der Waals surface area (Å²) >= 11 is 8.11. The van der Waals surface area contributed by atoms with E-state index in [2.05, 4.69) is 23.2 Å². The van der Waals surface area contributed by atoms with E-state index < -0.39 is 0 Å². The molecule has 1 aromatic carbocycles. The molecule has 2 saturated heterocycles. The first-order chi connectivity index (χ1) is 10.2. The van der Waals surface area contributed by atoms with Crippen molar-refractivity contribution in [3.05, 3.63) is 34.9 Å². The molecule has 0 bridgehead atoms. The molecule has 2 aliphatic rings. The van der Waals surface area contributed by atoms with Gasteiger partial charge in [0.05, 0.1) is 6.04 Å². The summed E-state index contributed by atoms with van der Waals surface area (Å²) in [6.45, 7) is 2.06. The Morgan fingerprint density at radius 1 is 1.38 bits per heavy atom. The van der Waals surface area contributed by atoms with Crippen LogP contribution in [0.3, 0.4) is 0 Å². The van der Waals surface area contributed by atoms with E-state index in [1.54, 1.807) is 0 Å². The summed E-state index contributed by atoms with van der Waals surface area (Å²) in [6, 6.07) is 8.14. The number of halogens is 1. The molecule has 3 rings (SSSR count). The first-order valence-corrected chi connectivity index (χ1v) is 9.15. The minimum atomic E-state index is -0.0661. The molecule has 1 aromatic rings. The summed E-state index contributed by atoms with van der Waals surface area (Å²) in [5.74, 6) is 2.54. The Morgan fingerprint density at radius 2 is 2.14 bits per heavy atom. The third-order valence-electron chi connectivity index (χ3n) is 4.35. The van der Waals surface area contributed by atoms with Crippen LogP contribution in [0.4, 0.5) is 0 Å². The van der Waals surface area contributed by atoms with E-state index >= 15 is 0 Å². The summed E-state index contributed by atoms with van der Waals surface area (Å²) in [6.07, 6.45) is 2.97. The van der Waals surface area contributed by atoms with Crippen molar-refractivity contribution < 1.29 is 4.79 Å². The number of carbonyl (C=O) groups excluding carboxylic acids is 1. The van der Waals surface area contributed by atoms with Gasteiger partial charge in [0.25, 0.3) is 0 Å². The molecule has 1 amide bonds. The minimum Gasteiger partial charge on any atom is -0.319 e. The normalized spacial score (nSPS) is 27.3. The Labute approximate surface area is 135 Å². The first kappa shape index (κ1) is 15.2. The fourth-order valence-corrected chi connectivity index (χ4v) is 4.51. The van der Waals surface area contributed by atoms with E-state index in [0.717, 1.165) is 41.4 Å². The van der Waals surface area contributed by atoms with Gasteiger partial charge in [-0.2, -0.15) is 11.8 Å². The fourth-order valence-electron chi connectivity index (χ4n) is 3.23. The number of hydrogen-bond acceptors (Lipinski definition) is 3. The molecule has 0 spiro atoms. The van der Waals surface area contributed by atoms with Crippen LogP contribution in [-0.4, -0.2) is 34.4 Å². The highest BCUT2D eigenvalue weighted by atomic mass is 35.5. The second-order valence-electron chi connectivity index (χ2n) is 5.67. The van der Waals surface area contributed by atoms with Crippen molar-refractivity contribution in [2.45, 2.75) is 44.4 Å². The van der Waals surface area contributed by atoms with Gasteiger partial charge in [0.2, 0.25) is 5.91 Å². The van der Waals surface area contributed by atoms with Gasteiger partial charge in [-0.3, -0.25) is 10.1 Å². The number of rotatable bonds is 3. The van der Waals surface area contributed by atoms with Crippen LogP contribution >= 0.6 is 23.4 Å². The lowest BCUT2D eigenvalue weighted by atomic mass is 10.1. The smallest absolute Gasteiger partial charge is 0.241 e. The molecule has 5 heteroatoms. The van der Waals surface area contributed by atoms with Gasteiger partial charge in [-0.05, 0) is 48.5 Å². The largest absolute Gasteiger partial charge is 0.319 e. The molecule has 2 unspecified atom stereocenters. The third-order valence-corrected chi connectivity index (χ3v) is 5.63. The van der Waals surface area contributed by atoms with E-state index in [1.165, 1.54) is 0 Å². The molecular formula is C16H21ClN2OS. The van der Waals surface area contributed by atoms with Gasteiger partial charge in [0.15, 0.2) is 0 Å². The molecule has 0 radical (unpaired) electrons. The van der Waals surface area contributed by atoms with Crippen molar-refractivity contribution in [1.29, 1.82) is 0 Å². The van der Waals surface area contributed by atoms with E-state index in [9.17, 15) is 4.79 Å². The SMILES string of the molecule is CCC1NC(c2cccc(Cl)c2)N(C2CCSCC2)C1=O. The lowest BCUT2D eigenvalue weighted by molar-refractivity contribution is -0.132. The van der Waals surface area contributed by atoms with E-state index in [-0.39, 0.29) is 18.1 Å². The lowest BCUT2D eigenvalue weighted by Crippen LogP contribution is -2.42. The molecule has 114 valence electrons. The molecule has 2 heterocycles. The molecule has 1 N–H and O–H groups in total. The van der Waals surface area contributed by atoms with Gasteiger partial charge in [0, 0.05) is 11.1 Å². The molecule has 0 saturated carbocycles. The number of carbonyl (C=O) groups is 1. The van der Waals surface area contributed by atoms with E-state index in [0.29, 0.717) is 6.04 Å². The van der Waals surface area contributed by atoms with Gasteiger partial charge >= 0.3 is 0 Å². The van der Waals surface area contributed by atoms with Gasteiger partial charge in [0.1, 0.15) is 6.17 Å². The zero-order chi connectivity index (χ0) is 14.8. The van der Waals surface area contributed by atoms with Crippen molar-refractivity contribution >= 4 is 29.3 Å². The zero-order valence-corrected chi connectivity index (χ0v) is 13.8. The maximum Gasteiger partial charge on any atom is 0.241 e. The molecule has 3 nitrogen and oxygen atoms in total. The van der Waals surface area contributed by atoms with Crippen molar-refractivity contribution in [2.75, 3.05) is 11.5 Å². The summed E-state index contributed by atoms with van der Waals surface area (Å²) in [7, 11) is 0. The number of nitrogens with one attached hydrogen (secondary N) is 1. The second kappa shape index (κ2) is 6.59. The zero-order valence-electron chi connectivity index (χ0n) is 12.2. The van der Waals surface area contributed by atoms with Crippen LogP contribution in [0.5, 0.6) is 0 Å². The summed E-state index contributed by atoms with van der Waals surface area (Å²) in [5, 5.41) is 4.22. The number of hydrogen-bond donors (Lipinski definition) is 1. The van der Waals surface area contributed by atoms with E-state index in [1.807, 2.05) is 30.0 Å². The Hall–Kier alpha value is -0.710. The average Bonchev–Trinajstić information content (AvgIpc) is 2.85. The maximum atomic E-state index is 12.7. The molecule has 2 atom stereocenters. The molecule has 2 aliphatic heterocycles. The van der Waals surface area contributed by atoms with Crippen LogP contribution < -0.4 is 5.32 Å². The van der Waals surface area contributed by atoms with Crippen molar-refractivity contribution in [3.63, 3.8) is 0 Å². The summed E-state index contributed by atoms with van der Waals surface area (Å²) in [5.41, 5.74) is 1.09. The van der Waals surface area contributed by atoms with Crippen molar-refractivity contribution in [1.82, 2.24) is 10.2 Å². The van der Waals surface area contributed by atoms with Crippen LogP contribution in [0, 0.1) is 0 Å². The van der Waals surface area contributed by atoms with Crippen LogP contribution in [-0.2, 0) is 4.79 Å². The van der Waals surface area contributed by atoms with E-state index in [4.69, 9.17) is 11.6 Å². The number of thioether (sulfide) groups is 1. The van der Waals surface area contributed by atoms with Crippen LogP contribution in [0.2, 0.25) is 5.02 Å². The topological polar surface area (TPSA) is 32.3 Å². The standard InChI is InChI=1S/C16H21ClN2OS/c1-2-14-16(20)19(13-6-8-21-9-7-13)15(18-14)11-4-3-5-12(17)10-11/h3-5,10,13-15,18H,2,6-9H2,1H3. The highest BCUT2D eigenvalue weighted by Gasteiger charge is 2.42. The number of benzene rings is 1. The number of amides is 1. The molecular weight excluding hydrogens is 304 g/mol. The predicted molar refractivity (Wildman–Crippen MR) is 88.6 cm³/mol. The van der Waals surface area contributed by atoms with Crippen molar-refractivity contribution in [3.8, 4) is 0 Å². The first-order valence-electron chi connectivity index (χ1n) is 7.62. The Morgan fingerprint density at radius 3 is 2.81 bits per heavy atom. The Kier molecular flexibility index (Phi) is 4.77. The van der Waals surface area contributed by atoms with Gasteiger partial charge < -0.3 is 4.90 Å². The maximum absolute atomic E-state index is 12.7. The molecule has 2 fully saturated rings. The molecule has 0 aromatic heterocycles. The third kappa shape index (κ3) is 3.08. The minimum absolute atomic E-state index is 0.0331. The number of nitrogens with zero attached hydrogens (tertiary/aromatic N) is 1. The Bertz CT molecular complexity index is 519. The molecule has 21 heavy (non-hydrogen) atoms. The lowest BCUT2D eigenvalue weighted by Gasteiger charge is -2.35.